The molecule has 1 heterocycles. The molecule has 0 spiro atoms. The molecule has 0 fully saturated rings. The minimum Gasteiger partial charge on any atom is -0.355 e. The molecular weight excluding hydrogens is 392 g/mol. The molecule has 0 saturated heterocycles. The summed E-state index contributed by atoms with van der Waals surface area (Å²) < 4.78 is 1.21. The average Bonchev–Trinajstić information content (AvgIpc) is 3.00. The predicted octanol–water partition coefficient (Wildman–Crippen LogP) is 3.87. The van der Waals surface area contributed by atoms with Gasteiger partial charge in [0.15, 0.2) is 8.68 Å². The van der Waals surface area contributed by atoms with E-state index in [-0.39, 0.29) is 17.3 Å². The minimum atomic E-state index is -0.483. The third kappa shape index (κ3) is 5.62. The molecule has 0 aliphatic heterocycles. The van der Waals surface area contributed by atoms with Crippen molar-refractivity contribution in [2.45, 2.75) is 26.9 Å². The van der Waals surface area contributed by atoms with Crippen LogP contribution in [0.5, 0.6) is 0 Å². The molecule has 0 bridgehead atoms. The highest BCUT2D eigenvalue weighted by Gasteiger charge is 2.17. The Morgan fingerprint density at radius 2 is 2.17 bits per heavy atom. The van der Waals surface area contributed by atoms with Gasteiger partial charge in [0.25, 0.3) is 5.69 Å². The predicted molar refractivity (Wildman–Crippen MR) is 96.2 cm³/mol. The number of aromatic nitrogens is 2. The van der Waals surface area contributed by atoms with Crippen molar-refractivity contribution in [3.63, 3.8) is 0 Å². The second kappa shape index (κ2) is 9.21. The largest absolute Gasteiger partial charge is 0.355 e. The van der Waals surface area contributed by atoms with Crippen LogP contribution in [0.15, 0.2) is 31.8 Å². The van der Waals surface area contributed by atoms with E-state index < -0.39 is 4.92 Å². The summed E-state index contributed by atoms with van der Waals surface area (Å²) >= 11 is 9.52. The van der Waals surface area contributed by atoms with Gasteiger partial charge in [-0.1, -0.05) is 53.4 Å². The van der Waals surface area contributed by atoms with Crippen molar-refractivity contribution in [3.8, 4) is 0 Å². The number of benzene rings is 1. The van der Waals surface area contributed by atoms with Gasteiger partial charge in [-0.2, -0.15) is 0 Å². The lowest BCUT2D eigenvalue weighted by Gasteiger charge is -2.00. The van der Waals surface area contributed by atoms with Crippen molar-refractivity contribution in [3.05, 3.63) is 33.3 Å². The lowest BCUT2D eigenvalue weighted by molar-refractivity contribution is -0.387. The standard InChI is InChI=1S/C13H13ClN4O3S3/c1-2-5-15-11(19)7-22-12-16-17-13(24-12)23-10-4-3-8(14)6-9(10)18(20)21/h3-4,6H,2,5,7H2,1H3,(H,15,19). The molecule has 1 N–H and O–H groups in total. The maximum Gasteiger partial charge on any atom is 0.284 e. The third-order valence-corrected chi connectivity index (χ3v) is 6.01. The summed E-state index contributed by atoms with van der Waals surface area (Å²) in [4.78, 5) is 22.6. The van der Waals surface area contributed by atoms with Crippen LogP contribution in [0.25, 0.3) is 0 Å². The van der Waals surface area contributed by atoms with Crippen LogP contribution in [0.4, 0.5) is 5.69 Å². The molecule has 0 aliphatic rings. The summed E-state index contributed by atoms with van der Waals surface area (Å²) in [6.07, 6.45) is 0.885. The number of carbonyl (C=O) groups is 1. The van der Waals surface area contributed by atoms with Crippen LogP contribution < -0.4 is 5.32 Å². The van der Waals surface area contributed by atoms with E-state index in [1.54, 1.807) is 12.1 Å². The number of nitro benzene ring substituents is 1. The Hall–Kier alpha value is -1.36. The van der Waals surface area contributed by atoms with E-state index in [1.807, 2.05) is 6.92 Å². The molecule has 11 heteroatoms. The number of carbonyl (C=O) groups excluding carboxylic acids is 1. The van der Waals surface area contributed by atoms with Gasteiger partial charge >= 0.3 is 0 Å². The van der Waals surface area contributed by atoms with E-state index in [1.165, 1.54) is 29.2 Å². The van der Waals surface area contributed by atoms with Gasteiger partial charge in [-0.3, -0.25) is 14.9 Å². The Morgan fingerprint density at radius 3 is 2.88 bits per heavy atom. The molecule has 0 saturated carbocycles. The fraction of sp³-hybridized carbons (Fsp3) is 0.308. The first-order valence-corrected chi connectivity index (χ1v) is 9.84. The van der Waals surface area contributed by atoms with E-state index in [0.29, 0.717) is 25.1 Å². The molecule has 128 valence electrons. The summed E-state index contributed by atoms with van der Waals surface area (Å²) in [5.41, 5.74) is -0.0733. The van der Waals surface area contributed by atoms with Crippen molar-refractivity contribution in [1.29, 1.82) is 0 Å². The molecule has 0 radical (unpaired) electrons. The van der Waals surface area contributed by atoms with Gasteiger partial charge in [-0.05, 0) is 18.6 Å². The lowest BCUT2D eigenvalue weighted by atomic mass is 10.3. The molecule has 0 aliphatic carbocycles. The minimum absolute atomic E-state index is 0.0559. The van der Waals surface area contributed by atoms with Crippen molar-refractivity contribution < 1.29 is 9.72 Å². The maximum absolute atomic E-state index is 11.6. The van der Waals surface area contributed by atoms with E-state index >= 15 is 0 Å². The third-order valence-electron chi connectivity index (χ3n) is 2.60. The summed E-state index contributed by atoms with van der Waals surface area (Å²) in [6, 6.07) is 4.47. The zero-order valence-corrected chi connectivity index (χ0v) is 15.7. The number of hydrogen-bond donors (Lipinski definition) is 1. The zero-order valence-electron chi connectivity index (χ0n) is 12.5. The van der Waals surface area contributed by atoms with Gasteiger partial charge in [0.05, 0.1) is 15.6 Å². The first-order chi connectivity index (χ1) is 11.5. The summed E-state index contributed by atoms with van der Waals surface area (Å²) in [5.74, 6) is 0.208. The van der Waals surface area contributed by atoms with Gasteiger partial charge in [-0.25, -0.2) is 0 Å². The van der Waals surface area contributed by atoms with Gasteiger partial charge < -0.3 is 5.32 Å². The Balaban J connectivity index is 1.99. The van der Waals surface area contributed by atoms with Gasteiger partial charge in [0.1, 0.15) is 0 Å². The number of nitro groups is 1. The van der Waals surface area contributed by atoms with Crippen LogP contribution in [0.2, 0.25) is 5.02 Å². The topological polar surface area (TPSA) is 98.0 Å². The highest BCUT2D eigenvalue weighted by molar-refractivity contribution is 8.03. The molecule has 2 rings (SSSR count). The summed E-state index contributed by atoms with van der Waals surface area (Å²) in [7, 11) is 0. The SMILES string of the molecule is CCCNC(=O)CSc1nnc(Sc2ccc(Cl)cc2[N+](=O)[O-])s1. The Kier molecular flexibility index (Phi) is 7.28. The zero-order chi connectivity index (χ0) is 17.5. The van der Waals surface area contributed by atoms with Crippen LogP contribution in [0, 0.1) is 10.1 Å². The molecule has 1 amide bonds. The van der Waals surface area contributed by atoms with Crippen molar-refractivity contribution in [2.24, 2.45) is 0 Å². The lowest BCUT2D eigenvalue weighted by Crippen LogP contribution is -2.25. The quantitative estimate of drug-likeness (QED) is 0.405. The fourth-order valence-corrected chi connectivity index (χ4v) is 4.61. The molecule has 7 nitrogen and oxygen atoms in total. The fourth-order valence-electron chi connectivity index (χ4n) is 1.55. The van der Waals surface area contributed by atoms with Crippen molar-refractivity contribution >= 4 is 58.1 Å². The first-order valence-electron chi connectivity index (χ1n) is 6.84. The smallest absolute Gasteiger partial charge is 0.284 e. The van der Waals surface area contributed by atoms with Crippen LogP contribution in [-0.2, 0) is 4.79 Å². The number of thioether (sulfide) groups is 1. The van der Waals surface area contributed by atoms with Gasteiger partial charge in [-0.15, -0.1) is 10.2 Å². The number of amides is 1. The molecule has 1 aromatic heterocycles. The second-order valence-electron chi connectivity index (χ2n) is 4.44. The van der Waals surface area contributed by atoms with E-state index in [0.717, 1.165) is 18.2 Å². The normalized spacial score (nSPS) is 10.6. The molecule has 0 unspecified atom stereocenters. The van der Waals surface area contributed by atoms with E-state index in [2.05, 4.69) is 15.5 Å². The average molecular weight is 405 g/mol. The van der Waals surface area contributed by atoms with Crippen LogP contribution in [-0.4, -0.2) is 33.3 Å². The first kappa shape index (κ1) is 19.0. The monoisotopic (exact) mass is 404 g/mol. The Morgan fingerprint density at radius 1 is 1.42 bits per heavy atom. The number of hydrogen-bond acceptors (Lipinski definition) is 8. The number of nitrogens with zero attached hydrogens (tertiary/aromatic N) is 3. The van der Waals surface area contributed by atoms with Crippen molar-refractivity contribution in [2.75, 3.05) is 12.3 Å². The number of rotatable bonds is 8. The Bertz CT molecular complexity index is 741. The second-order valence-corrected chi connectivity index (χ2v) is 8.37. The Labute approximate surface area is 155 Å². The molecule has 24 heavy (non-hydrogen) atoms. The van der Waals surface area contributed by atoms with Gasteiger partial charge in [0, 0.05) is 17.6 Å². The number of halogens is 1. The number of nitrogens with one attached hydrogen (secondary N) is 1. The highest BCUT2D eigenvalue weighted by Crippen LogP contribution is 2.38. The highest BCUT2D eigenvalue weighted by atomic mass is 35.5. The maximum atomic E-state index is 11.6. The van der Waals surface area contributed by atoms with Crippen molar-refractivity contribution in [1.82, 2.24) is 15.5 Å². The molecular formula is C13H13ClN4O3S3. The van der Waals surface area contributed by atoms with Gasteiger partial charge in [0.2, 0.25) is 5.91 Å². The van der Waals surface area contributed by atoms with E-state index in [9.17, 15) is 14.9 Å². The van der Waals surface area contributed by atoms with Crippen LogP contribution in [0.3, 0.4) is 0 Å². The molecule has 0 atom stereocenters. The molecule has 1 aromatic carbocycles. The summed E-state index contributed by atoms with van der Waals surface area (Å²) in [6.45, 7) is 2.63. The van der Waals surface area contributed by atoms with Crippen LogP contribution in [0.1, 0.15) is 13.3 Å². The van der Waals surface area contributed by atoms with E-state index in [4.69, 9.17) is 11.6 Å². The van der Waals surface area contributed by atoms with Crippen LogP contribution >= 0.6 is 46.5 Å². The summed E-state index contributed by atoms with van der Waals surface area (Å²) in [5, 5.41) is 22.2. The molecule has 2 aromatic rings.